The lowest BCUT2D eigenvalue weighted by molar-refractivity contribution is -0.137. The van der Waals surface area contributed by atoms with Crippen LogP contribution in [0.4, 0.5) is 0 Å². The first-order chi connectivity index (χ1) is 6.06. The predicted molar refractivity (Wildman–Crippen MR) is 49.1 cm³/mol. The maximum Gasteiger partial charge on any atom is 0.246 e. The standard InChI is InChI=1S/C9H16N2O2/c1-4-6(2)10-7-5-8(12)11(3)9(7)13/h6-7,10H,4-5H2,1-3H3. The molecule has 1 heterocycles. The molecular weight excluding hydrogens is 168 g/mol. The molecular formula is C9H16N2O2. The summed E-state index contributed by atoms with van der Waals surface area (Å²) in [4.78, 5) is 23.7. The zero-order chi connectivity index (χ0) is 10.0. The topological polar surface area (TPSA) is 49.4 Å². The van der Waals surface area contributed by atoms with Crippen molar-refractivity contribution in [1.29, 1.82) is 0 Å². The summed E-state index contributed by atoms with van der Waals surface area (Å²) in [6, 6.07) is -0.0132. The van der Waals surface area contributed by atoms with Gasteiger partial charge in [-0.3, -0.25) is 14.5 Å². The largest absolute Gasteiger partial charge is 0.303 e. The number of imide groups is 1. The van der Waals surface area contributed by atoms with Crippen LogP contribution in [0.15, 0.2) is 0 Å². The van der Waals surface area contributed by atoms with Crippen molar-refractivity contribution < 1.29 is 9.59 Å². The summed E-state index contributed by atoms with van der Waals surface area (Å²) in [7, 11) is 1.53. The molecule has 0 radical (unpaired) electrons. The highest BCUT2D eigenvalue weighted by Crippen LogP contribution is 2.11. The van der Waals surface area contributed by atoms with E-state index in [0.717, 1.165) is 6.42 Å². The van der Waals surface area contributed by atoms with E-state index in [1.807, 2.05) is 13.8 Å². The fraction of sp³-hybridized carbons (Fsp3) is 0.778. The summed E-state index contributed by atoms with van der Waals surface area (Å²) in [6.07, 6.45) is 1.27. The van der Waals surface area contributed by atoms with Gasteiger partial charge < -0.3 is 5.32 Å². The summed E-state index contributed by atoms with van der Waals surface area (Å²) in [5.74, 6) is -0.198. The lowest BCUT2D eigenvalue weighted by atomic mass is 10.2. The number of carbonyl (C=O) groups is 2. The van der Waals surface area contributed by atoms with Gasteiger partial charge in [-0.2, -0.15) is 0 Å². The summed E-state index contributed by atoms with van der Waals surface area (Å²) in [5.41, 5.74) is 0. The van der Waals surface area contributed by atoms with Crippen LogP contribution in [0.25, 0.3) is 0 Å². The van der Waals surface area contributed by atoms with Crippen LogP contribution < -0.4 is 5.32 Å². The molecule has 2 amide bonds. The average Bonchev–Trinajstić information content (AvgIpc) is 2.34. The number of amides is 2. The number of hydrogen-bond acceptors (Lipinski definition) is 3. The van der Waals surface area contributed by atoms with Gasteiger partial charge in [0.15, 0.2) is 0 Å². The molecule has 2 atom stereocenters. The summed E-state index contributed by atoms with van der Waals surface area (Å²) < 4.78 is 0. The molecule has 0 bridgehead atoms. The number of likely N-dealkylation sites (N-methyl/N-ethyl adjacent to an activating group) is 1. The number of carbonyl (C=O) groups excluding carboxylic acids is 2. The van der Waals surface area contributed by atoms with Crippen molar-refractivity contribution in [2.24, 2.45) is 0 Å². The highest BCUT2D eigenvalue weighted by atomic mass is 16.2. The van der Waals surface area contributed by atoms with E-state index in [1.165, 1.54) is 11.9 Å². The van der Waals surface area contributed by atoms with Crippen LogP contribution in [0.3, 0.4) is 0 Å². The smallest absolute Gasteiger partial charge is 0.246 e. The first kappa shape index (κ1) is 10.2. The molecule has 74 valence electrons. The Bertz CT molecular complexity index is 228. The maximum absolute atomic E-state index is 11.4. The van der Waals surface area contributed by atoms with E-state index in [9.17, 15) is 9.59 Å². The molecule has 0 aromatic carbocycles. The Kier molecular flexibility index (Phi) is 3.03. The number of hydrogen-bond donors (Lipinski definition) is 1. The number of likely N-dealkylation sites (tertiary alicyclic amines) is 1. The van der Waals surface area contributed by atoms with Crippen molar-refractivity contribution >= 4 is 11.8 Å². The van der Waals surface area contributed by atoms with E-state index in [0.29, 0.717) is 6.42 Å². The van der Waals surface area contributed by atoms with Gasteiger partial charge in [0.2, 0.25) is 11.8 Å². The third-order valence-corrected chi connectivity index (χ3v) is 2.48. The fourth-order valence-corrected chi connectivity index (χ4v) is 1.35. The second kappa shape index (κ2) is 3.87. The molecule has 1 aliphatic rings. The van der Waals surface area contributed by atoms with Gasteiger partial charge in [0.25, 0.3) is 0 Å². The van der Waals surface area contributed by atoms with E-state index in [-0.39, 0.29) is 23.9 Å². The minimum absolute atomic E-state index is 0.0918. The molecule has 1 fully saturated rings. The van der Waals surface area contributed by atoms with Gasteiger partial charge in [0.1, 0.15) is 0 Å². The summed E-state index contributed by atoms with van der Waals surface area (Å²) in [5, 5.41) is 3.13. The number of nitrogens with one attached hydrogen (secondary N) is 1. The Balaban J connectivity index is 2.54. The molecule has 0 spiro atoms. The second-order valence-electron chi connectivity index (χ2n) is 3.52. The minimum atomic E-state index is -0.299. The lowest BCUT2D eigenvalue weighted by Gasteiger charge is -2.15. The molecule has 1 aliphatic heterocycles. The SMILES string of the molecule is CCC(C)NC1CC(=O)N(C)C1=O. The monoisotopic (exact) mass is 184 g/mol. The Morgan fingerprint density at radius 2 is 2.23 bits per heavy atom. The first-order valence-corrected chi connectivity index (χ1v) is 4.62. The summed E-state index contributed by atoms with van der Waals surface area (Å²) >= 11 is 0. The van der Waals surface area contributed by atoms with Gasteiger partial charge in [0.05, 0.1) is 12.5 Å². The molecule has 0 aromatic rings. The quantitative estimate of drug-likeness (QED) is 0.634. The van der Waals surface area contributed by atoms with Crippen molar-refractivity contribution in [1.82, 2.24) is 10.2 Å². The van der Waals surface area contributed by atoms with Crippen molar-refractivity contribution in [2.75, 3.05) is 7.05 Å². The van der Waals surface area contributed by atoms with Crippen LogP contribution in [-0.4, -0.2) is 35.8 Å². The Hall–Kier alpha value is -0.900. The zero-order valence-corrected chi connectivity index (χ0v) is 8.33. The van der Waals surface area contributed by atoms with Crippen LogP contribution in [0.2, 0.25) is 0 Å². The molecule has 4 nitrogen and oxygen atoms in total. The highest BCUT2D eigenvalue weighted by molar-refractivity contribution is 6.05. The highest BCUT2D eigenvalue weighted by Gasteiger charge is 2.36. The third-order valence-electron chi connectivity index (χ3n) is 2.48. The molecule has 1 N–H and O–H groups in total. The second-order valence-corrected chi connectivity index (χ2v) is 3.52. The van der Waals surface area contributed by atoms with Gasteiger partial charge in [-0.15, -0.1) is 0 Å². The zero-order valence-electron chi connectivity index (χ0n) is 8.33. The van der Waals surface area contributed by atoms with Gasteiger partial charge in [-0.1, -0.05) is 6.92 Å². The van der Waals surface area contributed by atoms with Crippen LogP contribution >= 0.6 is 0 Å². The normalized spacial score (nSPS) is 25.5. The minimum Gasteiger partial charge on any atom is -0.303 e. The maximum atomic E-state index is 11.4. The Morgan fingerprint density at radius 1 is 1.62 bits per heavy atom. The Labute approximate surface area is 78.3 Å². The summed E-state index contributed by atoms with van der Waals surface area (Å²) in [6.45, 7) is 4.05. The van der Waals surface area contributed by atoms with Crippen LogP contribution in [-0.2, 0) is 9.59 Å². The number of nitrogens with zero attached hydrogens (tertiary/aromatic N) is 1. The molecule has 1 rings (SSSR count). The number of rotatable bonds is 3. The van der Waals surface area contributed by atoms with Crippen molar-refractivity contribution in [3.05, 3.63) is 0 Å². The van der Waals surface area contributed by atoms with E-state index in [4.69, 9.17) is 0 Å². The van der Waals surface area contributed by atoms with E-state index in [1.54, 1.807) is 0 Å². The van der Waals surface area contributed by atoms with Gasteiger partial charge in [0, 0.05) is 13.1 Å². The van der Waals surface area contributed by atoms with Crippen LogP contribution in [0, 0.1) is 0 Å². The first-order valence-electron chi connectivity index (χ1n) is 4.62. The molecule has 0 aliphatic carbocycles. The van der Waals surface area contributed by atoms with Crippen LogP contribution in [0.1, 0.15) is 26.7 Å². The molecule has 0 saturated carbocycles. The van der Waals surface area contributed by atoms with E-state index < -0.39 is 0 Å². The van der Waals surface area contributed by atoms with E-state index in [2.05, 4.69) is 5.32 Å². The van der Waals surface area contributed by atoms with Gasteiger partial charge in [-0.05, 0) is 13.3 Å². The average molecular weight is 184 g/mol. The van der Waals surface area contributed by atoms with Crippen LogP contribution in [0.5, 0.6) is 0 Å². The molecule has 1 saturated heterocycles. The van der Waals surface area contributed by atoms with Gasteiger partial charge in [-0.25, -0.2) is 0 Å². The van der Waals surface area contributed by atoms with Crippen molar-refractivity contribution in [2.45, 2.75) is 38.8 Å². The Morgan fingerprint density at radius 3 is 2.62 bits per heavy atom. The van der Waals surface area contributed by atoms with Crippen molar-refractivity contribution in [3.63, 3.8) is 0 Å². The molecule has 13 heavy (non-hydrogen) atoms. The third kappa shape index (κ3) is 2.06. The van der Waals surface area contributed by atoms with Crippen molar-refractivity contribution in [3.8, 4) is 0 Å². The van der Waals surface area contributed by atoms with Gasteiger partial charge >= 0.3 is 0 Å². The lowest BCUT2D eigenvalue weighted by Crippen LogP contribution is -2.41. The molecule has 2 unspecified atom stereocenters. The predicted octanol–water partition coefficient (Wildman–Crippen LogP) is 0.132. The fourth-order valence-electron chi connectivity index (χ4n) is 1.35. The molecule has 0 aromatic heterocycles. The van der Waals surface area contributed by atoms with E-state index >= 15 is 0 Å². The molecule has 4 heteroatoms.